The van der Waals surface area contributed by atoms with Gasteiger partial charge in [0.2, 0.25) is 0 Å². The van der Waals surface area contributed by atoms with Gasteiger partial charge in [0.15, 0.2) is 5.78 Å². The average Bonchev–Trinajstić information content (AvgIpc) is 2.51. The van der Waals surface area contributed by atoms with E-state index in [9.17, 15) is 4.79 Å². The van der Waals surface area contributed by atoms with Gasteiger partial charge in [-0.25, -0.2) is 0 Å². The summed E-state index contributed by atoms with van der Waals surface area (Å²) in [5, 5.41) is 0.251. The molecule has 0 saturated carbocycles. The first kappa shape index (κ1) is 15.5. The van der Waals surface area contributed by atoms with Crippen LogP contribution in [0.15, 0.2) is 42.0 Å². The number of benzene rings is 1. The van der Waals surface area contributed by atoms with Crippen LogP contribution in [0.4, 0.5) is 0 Å². The van der Waals surface area contributed by atoms with E-state index in [1.54, 1.807) is 17.8 Å². The maximum absolute atomic E-state index is 11.3. The lowest BCUT2D eigenvalue weighted by atomic mass is 9.99. The molecule has 1 aromatic rings. The fourth-order valence-corrected chi connectivity index (χ4v) is 2.50. The number of hydrogen-bond acceptors (Lipinski definition) is 2. The van der Waals surface area contributed by atoms with Gasteiger partial charge >= 0.3 is 0 Å². The van der Waals surface area contributed by atoms with Crippen molar-refractivity contribution < 1.29 is 4.79 Å². The Hall–Kier alpha value is -1.90. The Morgan fingerprint density at radius 2 is 2.00 bits per heavy atom. The van der Waals surface area contributed by atoms with Gasteiger partial charge in [-0.2, -0.15) is 0 Å². The second-order valence-electron chi connectivity index (χ2n) is 4.88. The first-order valence-corrected chi connectivity index (χ1v) is 8.19. The maximum atomic E-state index is 11.3. The Morgan fingerprint density at radius 3 is 2.76 bits per heavy atom. The van der Waals surface area contributed by atoms with E-state index < -0.39 is 0 Å². The Morgan fingerprint density at radius 1 is 1.19 bits per heavy atom. The highest BCUT2D eigenvalue weighted by atomic mass is 32.2. The van der Waals surface area contributed by atoms with Crippen molar-refractivity contribution in [3.8, 4) is 23.7 Å². The third-order valence-corrected chi connectivity index (χ3v) is 3.98. The average molecular weight is 294 g/mol. The standard InChI is InChI=1S/C19H18OS/c1-16(12-13-17-7-3-2-4-8-17)21-14-6-10-18-9-5-11-19(20)15-18/h2-4,7-8,15-16H,5,9,11,14H2,1H3. The fourth-order valence-electron chi connectivity index (χ4n) is 1.95. The molecule has 21 heavy (non-hydrogen) atoms. The molecule has 2 heteroatoms. The number of hydrogen-bond donors (Lipinski definition) is 0. The summed E-state index contributed by atoms with van der Waals surface area (Å²) in [6, 6.07) is 10.00. The van der Waals surface area contributed by atoms with E-state index in [2.05, 4.69) is 30.6 Å². The van der Waals surface area contributed by atoms with Crippen molar-refractivity contribution in [2.24, 2.45) is 0 Å². The van der Waals surface area contributed by atoms with Crippen LogP contribution in [-0.2, 0) is 4.79 Å². The van der Waals surface area contributed by atoms with Crippen LogP contribution in [0.25, 0.3) is 0 Å². The Labute approximate surface area is 131 Å². The minimum absolute atomic E-state index is 0.209. The summed E-state index contributed by atoms with van der Waals surface area (Å²) in [6.07, 6.45) is 4.24. The van der Waals surface area contributed by atoms with Crippen molar-refractivity contribution in [1.82, 2.24) is 0 Å². The zero-order chi connectivity index (χ0) is 14.9. The summed E-state index contributed by atoms with van der Waals surface area (Å²) in [5.74, 6) is 13.6. The van der Waals surface area contributed by atoms with E-state index in [-0.39, 0.29) is 11.0 Å². The summed E-state index contributed by atoms with van der Waals surface area (Å²) in [5.41, 5.74) is 2.02. The molecule has 1 aliphatic rings. The van der Waals surface area contributed by atoms with E-state index in [0.717, 1.165) is 29.7 Å². The monoisotopic (exact) mass is 294 g/mol. The third kappa shape index (κ3) is 5.94. The first-order chi connectivity index (χ1) is 10.2. The second kappa shape index (κ2) is 8.40. The number of thioether (sulfide) groups is 1. The Bertz CT molecular complexity index is 635. The molecular weight excluding hydrogens is 276 g/mol. The predicted molar refractivity (Wildman–Crippen MR) is 90.0 cm³/mol. The number of rotatable bonds is 2. The molecule has 2 rings (SSSR count). The van der Waals surface area contributed by atoms with Gasteiger partial charge in [0, 0.05) is 17.6 Å². The van der Waals surface area contributed by atoms with Crippen LogP contribution in [0.3, 0.4) is 0 Å². The van der Waals surface area contributed by atoms with Crippen LogP contribution in [0.2, 0.25) is 0 Å². The van der Waals surface area contributed by atoms with Crippen LogP contribution in [-0.4, -0.2) is 16.8 Å². The number of carbonyl (C=O) groups is 1. The highest BCUT2D eigenvalue weighted by Gasteiger charge is 2.07. The molecule has 0 bridgehead atoms. The molecule has 1 aliphatic carbocycles. The van der Waals surface area contributed by atoms with Crippen LogP contribution >= 0.6 is 11.8 Å². The molecule has 1 aromatic carbocycles. The van der Waals surface area contributed by atoms with Gasteiger partial charge in [0.1, 0.15) is 0 Å². The van der Waals surface area contributed by atoms with Crippen molar-refractivity contribution >= 4 is 17.5 Å². The molecule has 0 aromatic heterocycles. The lowest BCUT2D eigenvalue weighted by Gasteiger charge is -2.05. The molecule has 0 amide bonds. The minimum atomic E-state index is 0.209. The van der Waals surface area contributed by atoms with E-state index in [0.29, 0.717) is 6.42 Å². The van der Waals surface area contributed by atoms with Crippen molar-refractivity contribution in [2.45, 2.75) is 31.4 Å². The Balaban J connectivity index is 1.79. The highest BCUT2D eigenvalue weighted by molar-refractivity contribution is 8.00. The van der Waals surface area contributed by atoms with Crippen molar-refractivity contribution in [3.63, 3.8) is 0 Å². The molecule has 1 nitrogen and oxygen atoms in total. The normalized spacial score (nSPS) is 15.1. The summed E-state index contributed by atoms with van der Waals surface area (Å²) in [4.78, 5) is 11.3. The maximum Gasteiger partial charge on any atom is 0.156 e. The third-order valence-electron chi connectivity index (χ3n) is 3.05. The number of ketones is 1. The van der Waals surface area contributed by atoms with Crippen molar-refractivity contribution in [3.05, 3.63) is 47.5 Å². The van der Waals surface area contributed by atoms with Crippen molar-refractivity contribution in [1.29, 1.82) is 0 Å². The molecule has 0 N–H and O–H groups in total. The first-order valence-electron chi connectivity index (χ1n) is 7.14. The van der Waals surface area contributed by atoms with Crippen LogP contribution in [0.1, 0.15) is 31.7 Å². The van der Waals surface area contributed by atoms with Crippen LogP contribution in [0.5, 0.6) is 0 Å². The van der Waals surface area contributed by atoms with E-state index in [1.807, 2.05) is 30.3 Å². The number of carbonyl (C=O) groups excluding carboxylic acids is 1. The van der Waals surface area contributed by atoms with Gasteiger partial charge in [0.25, 0.3) is 0 Å². The van der Waals surface area contributed by atoms with Crippen LogP contribution < -0.4 is 0 Å². The SMILES string of the molecule is CC(C#Cc1ccccc1)SCC#CC1=CC(=O)CCC1. The van der Waals surface area contributed by atoms with Gasteiger partial charge in [-0.05, 0) is 38.0 Å². The molecular formula is C19H18OS. The quantitative estimate of drug-likeness (QED) is 0.771. The van der Waals surface area contributed by atoms with Crippen molar-refractivity contribution in [2.75, 3.05) is 5.75 Å². The molecule has 0 fully saturated rings. The van der Waals surface area contributed by atoms with E-state index in [1.165, 1.54) is 0 Å². The number of allylic oxidation sites excluding steroid dienone is 2. The van der Waals surface area contributed by atoms with Gasteiger partial charge in [0.05, 0.1) is 11.0 Å². The van der Waals surface area contributed by atoms with Crippen LogP contribution in [0, 0.1) is 23.7 Å². The molecule has 1 unspecified atom stereocenters. The van der Waals surface area contributed by atoms with E-state index >= 15 is 0 Å². The van der Waals surface area contributed by atoms with E-state index in [4.69, 9.17) is 0 Å². The zero-order valence-electron chi connectivity index (χ0n) is 12.2. The minimum Gasteiger partial charge on any atom is -0.295 e. The summed E-state index contributed by atoms with van der Waals surface area (Å²) >= 11 is 1.73. The van der Waals surface area contributed by atoms with Gasteiger partial charge < -0.3 is 0 Å². The molecule has 0 saturated heterocycles. The lowest BCUT2D eigenvalue weighted by molar-refractivity contribution is -0.115. The second-order valence-corrected chi connectivity index (χ2v) is 6.21. The molecule has 106 valence electrons. The Kier molecular flexibility index (Phi) is 6.20. The zero-order valence-corrected chi connectivity index (χ0v) is 13.0. The fraction of sp³-hybridized carbons (Fsp3) is 0.316. The topological polar surface area (TPSA) is 17.1 Å². The molecule has 1 atom stereocenters. The largest absolute Gasteiger partial charge is 0.295 e. The van der Waals surface area contributed by atoms with Gasteiger partial charge in [-0.15, -0.1) is 11.8 Å². The summed E-state index contributed by atoms with van der Waals surface area (Å²) < 4.78 is 0. The van der Waals surface area contributed by atoms with Gasteiger partial charge in [-0.3, -0.25) is 4.79 Å². The van der Waals surface area contributed by atoms with Gasteiger partial charge in [-0.1, -0.05) is 41.9 Å². The molecule has 0 radical (unpaired) electrons. The highest BCUT2D eigenvalue weighted by Crippen LogP contribution is 2.14. The summed E-state index contributed by atoms with van der Waals surface area (Å²) in [6.45, 7) is 2.09. The molecule has 0 spiro atoms. The lowest BCUT2D eigenvalue weighted by Crippen LogP contribution is -2.01. The molecule has 0 aliphatic heterocycles. The smallest absolute Gasteiger partial charge is 0.156 e. The summed E-state index contributed by atoms with van der Waals surface area (Å²) in [7, 11) is 0. The molecule has 0 heterocycles. The predicted octanol–water partition coefficient (Wildman–Crippen LogP) is 3.84.